The van der Waals surface area contributed by atoms with Gasteiger partial charge in [-0.05, 0) is 31.9 Å². The number of aryl methyl sites for hydroxylation is 1. The molecular formula is C19H25N5O. The van der Waals surface area contributed by atoms with Gasteiger partial charge < -0.3 is 9.47 Å². The third kappa shape index (κ3) is 3.44. The normalized spacial score (nSPS) is 21.2. The Labute approximate surface area is 148 Å². The summed E-state index contributed by atoms with van der Waals surface area (Å²) in [5, 5.41) is 8.34. The molecule has 0 radical (unpaired) electrons. The monoisotopic (exact) mass is 339 g/mol. The number of nitrogens with zero attached hydrogens (tertiary/aromatic N) is 5. The van der Waals surface area contributed by atoms with Crippen molar-refractivity contribution in [1.82, 2.24) is 24.6 Å². The standard InChI is InChI=1S/C19H25N5O/c1-15-20-21-18-14-23(10-11-24(15)18)19(25)17-8-5-9-22(13-17)12-16-6-3-2-4-7-16/h2-4,6-7,17H,5,8-14H2,1H3. The van der Waals surface area contributed by atoms with Gasteiger partial charge in [-0.1, -0.05) is 30.3 Å². The Bertz CT molecular complexity index is 742. The lowest BCUT2D eigenvalue weighted by Crippen LogP contribution is -2.47. The first-order chi connectivity index (χ1) is 12.2. The number of fused-ring (bicyclic) bond motifs is 1. The zero-order valence-electron chi connectivity index (χ0n) is 14.8. The Hall–Kier alpha value is -2.21. The van der Waals surface area contributed by atoms with E-state index in [1.54, 1.807) is 0 Å². The highest BCUT2D eigenvalue weighted by Crippen LogP contribution is 2.23. The highest BCUT2D eigenvalue weighted by atomic mass is 16.2. The number of piperidine rings is 1. The van der Waals surface area contributed by atoms with Crippen LogP contribution in [0.1, 0.15) is 30.1 Å². The number of carbonyl (C=O) groups excluding carboxylic acids is 1. The molecule has 1 fully saturated rings. The van der Waals surface area contributed by atoms with Gasteiger partial charge in [0.2, 0.25) is 5.91 Å². The van der Waals surface area contributed by atoms with Crippen molar-refractivity contribution in [3.05, 3.63) is 47.5 Å². The molecule has 0 aliphatic carbocycles. The predicted molar refractivity (Wildman–Crippen MR) is 94.6 cm³/mol. The molecule has 2 aliphatic heterocycles. The maximum atomic E-state index is 13.0. The predicted octanol–water partition coefficient (Wildman–Crippen LogP) is 1.84. The van der Waals surface area contributed by atoms with E-state index in [2.05, 4.69) is 43.9 Å². The summed E-state index contributed by atoms with van der Waals surface area (Å²) in [6.45, 7) is 6.99. The minimum absolute atomic E-state index is 0.105. The first-order valence-electron chi connectivity index (χ1n) is 9.14. The second-order valence-electron chi connectivity index (χ2n) is 7.13. The minimum atomic E-state index is 0.105. The van der Waals surface area contributed by atoms with Crippen molar-refractivity contribution < 1.29 is 4.79 Å². The van der Waals surface area contributed by atoms with Crippen LogP contribution >= 0.6 is 0 Å². The van der Waals surface area contributed by atoms with Gasteiger partial charge in [-0.25, -0.2) is 0 Å². The Morgan fingerprint density at radius 3 is 2.84 bits per heavy atom. The number of likely N-dealkylation sites (tertiary alicyclic amines) is 1. The molecule has 3 heterocycles. The zero-order valence-corrected chi connectivity index (χ0v) is 14.8. The highest BCUT2D eigenvalue weighted by Gasteiger charge is 2.31. The lowest BCUT2D eigenvalue weighted by atomic mass is 9.95. The smallest absolute Gasteiger partial charge is 0.227 e. The maximum absolute atomic E-state index is 13.0. The molecule has 132 valence electrons. The number of rotatable bonds is 3. The first kappa shape index (κ1) is 16.3. The fraction of sp³-hybridized carbons (Fsp3) is 0.526. The minimum Gasteiger partial charge on any atom is -0.333 e. The summed E-state index contributed by atoms with van der Waals surface area (Å²) < 4.78 is 2.12. The lowest BCUT2D eigenvalue weighted by Gasteiger charge is -2.36. The number of hydrogen-bond donors (Lipinski definition) is 0. The van der Waals surface area contributed by atoms with Crippen LogP contribution in [0.2, 0.25) is 0 Å². The van der Waals surface area contributed by atoms with E-state index in [1.807, 2.05) is 17.9 Å². The highest BCUT2D eigenvalue weighted by molar-refractivity contribution is 5.79. The van der Waals surface area contributed by atoms with Crippen molar-refractivity contribution in [2.45, 2.75) is 39.4 Å². The van der Waals surface area contributed by atoms with Crippen LogP contribution in [-0.4, -0.2) is 50.1 Å². The Balaban J connectivity index is 1.39. The van der Waals surface area contributed by atoms with Gasteiger partial charge in [-0.2, -0.15) is 0 Å². The molecule has 6 nitrogen and oxygen atoms in total. The number of aromatic nitrogens is 3. The van der Waals surface area contributed by atoms with Crippen LogP contribution in [0.4, 0.5) is 0 Å². The van der Waals surface area contributed by atoms with Gasteiger partial charge in [0.05, 0.1) is 12.5 Å². The molecule has 0 spiro atoms. The average molecular weight is 339 g/mol. The van der Waals surface area contributed by atoms with Crippen molar-refractivity contribution in [2.24, 2.45) is 5.92 Å². The summed E-state index contributed by atoms with van der Waals surface area (Å²) in [7, 11) is 0. The van der Waals surface area contributed by atoms with E-state index in [4.69, 9.17) is 0 Å². The SMILES string of the molecule is Cc1nnc2n1CCN(C(=O)C1CCCN(Cc3ccccc3)C1)C2. The molecular weight excluding hydrogens is 314 g/mol. The van der Waals surface area contributed by atoms with Crippen molar-refractivity contribution in [2.75, 3.05) is 19.6 Å². The van der Waals surface area contributed by atoms with Gasteiger partial charge >= 0.3 is 0 Å². The molecule has 1 aromatic heterocycles. The van der Waals surface area contributed by atoms with Gasteiger partial charge in [0.25, 0.3) is 0 Å². The van der Waals surface area contributed by atoms with Crippen LogP contribution in [0, 0.1) is 12.8 Å². The quantitative estimate of drug-likeness (QED) is 0.856. The second kappa shape index (κ2) is 6.96. The summed E-state index contributed by atoms with van der Waals surface area (Å²) in [6.07, 6.45) is 2.08. The van der Waals surface area contributed by atoms with E-state index in [1.165, 1.54) is 5.56 Å². The summed E-state index contributed by atoms with van der Waals surface area (Å²) in [5.41, 5.74) is 1.32. The average Bonchev–Trinajstić information content (AvgIpc) is 3.02. The van der Waals surface area contributed by atoms with E-state index in [-0.39, 0.29) is 11.8 Å². The Morgan fingerprint density at radius 1 is 1.16 bits per heavy atom. The van der Waals surface area contributed by atoms with Crippen LogP contribution < -0.4 is 0 Å². The molecule has 0 N–H and O–H groups in total. The third-order valence-corrected chi connectivity index (χ3v) is 5.35. The van der Waals surface area contributed by atoms with Crippen molar-refractivity contribution in [3.63, 3.8) is 0 Å². The van der Waals surface area contributed by atoms with E-state index in [0.29, 0.717) is 6.54 Å². The number of benzene rings is 1. The van der Waals surface area contributed by atoms with Gasteiger partial charge in [0.15, 0.2) is 5.82 Å². The number of hydrogen-bond acceptors (Lipinski definition) is 4. The molecule has 25 heavy (non-hydrogen) atoms. The molecule has 1 unspecified atom stereocenters. The second-order valence-corrected chi connectivity index (χ2v) is 7.13. The molecule has 2 aliphatic rings. The molecule has 1 aromatic carbocycles. The molecule has 0 bridgehead atoms. The Kier molecular flexibility index (Phi) is 4.53. The molecule has 6 heteroatoms. The van der Waals surface area contributed by atoms with Gasteiger partial charge in [-0.3, -0.25) is 9.69 Å². The molecule has 0 saturated carbocycles. The van der Waals surface area contributed by atoms with Crippen molar-refractivity contribution >= 4 is 5.91 Å². The van der Waals surface area contributed by atoms with Crippen LogP contribution in [0.15, 0.2) is 30.3 Å². The summed E-state index contributed by atoms with van der Waals surface area (Å²) in [4.78, 5) is 17.4. The topological polar surface area (TPSA) is 54.3 Å². The van der Waals surface area contributed by atoms with Crippen LogP contribution in [0.25, 0.3) is 0 Å². The molecule has 1 atom stereocenters. The summed E-state index contributed by atoms with van der Waals surface area (Å²) in [6, 6.07) is 10.5. The van der Waals surface area contributed by atoms with E-state index in [0.717, 1.165) is 57.2 Å². The Morgan fingerprint density at radius 2 is 2.00 bits per heavy atom. The van der Waals surface area contributed by atoms with Crippen molar-refractivity contribution in [3.8, 4) is 0 Å². The fourth-order valence-corrected chi connectivity index (χ4v) is 3.99. The van der Waals surface area contributed by atoms with Gasteiger partial charge in [0, 0.05) is 26.2 Å². The van der Waals surface area contributed by atoms with Gasteiger partial charge in [-0.15, -0.1) is 10.2 Å². The number of amides is 1. The fourth-order valence-electron chi connectivity index (χ4n) is 3.99. The third-order valence-electron chi connectivity index (χ3n) is 5.35. The van der Waals surface area contributed by atoms with Crippen molar-refractivity contribution in [1.29, 1.82) is 0 Å². The maximum Gasteiger partial charge on any atom is 0.227 e. The van der Waals surface area contributed by atoms with Crippen LogP contribution in [-0.2, 0) is 24.4 Å². The van der Waals surface area contributed by atoms with Crippen LogP contribution in [0.3, 0.4) is 0 Å². The summed E-state index contributed by atoms with van der Waals surface area (Å²) in [5.74, 6) is 2.24. The molecule has 2 aromatic rings. The lowest BCUT2D eigenvalue weighted by molar-refractivity contribution is -0.139. The van der Waals surface area contributed by atoms with Crippen LogP contribution in [0.5, 0.6) is 0 Å². The van der Waals surface area contributed by atoms with Gasteiger partial charge in [0.1, 0.15) is 5.82 Å². The molecule has 1 saturated heterocycles. The molecule has 4 rings (SSSR count). The largest absolute Gasteiger partial charge is 0.333 e. The number of carbonyl (C=O) groups is 1. The van der Waals surface area contributed by atoms with E-state index < -0.39 is 0 Å². The van der Waals surface area contributed by atoms with E-state index >= 15 is 0 Å². The molecule has 1 amide bonds. The first-order valence-corrected chi connectivity index (χ1v) is 9.14. The zero-order chi connectivity index (χ0) is 17.2. The summed E-state index contributed by atoms with van der Waals surface area (Å²) >= 11 is 0. The van der Waals surface area contributed by atoms with E-state index in [9.17, 15) is 4.79 Å².